The molecule has 0 spiro atoms. The van der Waals surface area contributed by atoms with Gasteiger partial charge in [-0.25, -0.2) is 4.98 Å². The van der Waals surface area contributed by atoms with E-state index in [1.807, 2.05) is 24.3 Å². The summed E-state index contributed by atoms with van der Waals surface area (Å²) in [5.74, 6) is -0.442. The smallest absolute Gasteiger partial charge is 0.257 e. The largest absolute Gasteiger partial charge is 0.378 e. The topological polar surface area (TPSA) is 83.6 Å². The molecule has 1 aliphatic heterocycles. The molecule has 2 amide bonds. The van der Waals surface area contributed by atoms with E-state index in [9.17, 15) is 9.59 Å². The molecular weight excluding hydrogens is 436 g/mol. The Hall–Kier alpha value is -2.94. The SMILES string of the molecule is O=C(Cc1csc(NC(=O)c2ccccc2)n1)Nc1cccc(Cl)c1N1CCOCC1. The summed E-state index contributed by atoms with van der Waals surface area (Å²) in [6.45, 7) is 2.66. The first-order valence-electron chi connectivity index (χ1n) is 9.82. The molecule has 1 aliphatic rings. The number of hydrogen-bond donors (Lipinski definition) is 2. The van der Waals surface area contributed by atoms with E-state index < -0.39 is 0 Å². The summed E-state index contributed by atoms with van der Waals surface area (Å²) in [5, 5.41) is 8.51. The molecular formula is C22H21ClN4O3S. The molecule has 1 saturated heterocycles. The minimum absolute atomic E-state index is 0.0901. The molecule has 4 rings (SSSR count). The highest BCUT2D eigenvalue weighted by atomic mass is 35.5. The van der Waals surface area contributed by atoms with E-state index in [2.05, 4.69) is 20.5 Å². The van der Waals surface area contributed by atoms with Crippen LogP contribution in [0.4, 0.5) is 16.5 Å². The Morgan fingerprint density at radius 1 is 1.06 bits per heavy atom. The van der Waals surface area contributed by atoms with Crippen molar-refractivity contribution in [2.75, 3.05) is 41.8 Å². The van der Waals surface area contributed by atoms with Gasteiger partial charge in [-0.3, -0.25) is 14.9 Å². The first kappa shape index (κ1) is 21.3. The standard InChI is InChI=1S/C22H21ClN4O3S/c23-17-7-4-8-18(20(17)27-9-11-30-12-10-27)25-19(28)13-16-14-31-22(24-16)26-21(29)15-5-2-1-3-6-15/h1-8,14H,9-13H2,(H,25,28)(H,24,26,29). The van der Waals surface area contributed by atoms with Gasteiger partial charge < -0.3 is 15.0 Å². The van der Waals surface area contributed by atoms with E-state index in [1.165, 1.54) is 11.3 Å². The lowest BCUT2D eigenvalue weighted by atomic mass is 10.2. The monoisotopic (exact) mass is 456 g/mol. The third kappa shape index (κ3) is 5.41. The number of thiazole rings is 1. The summed E-state index contributed by atoms with van der Waals surface area (Å²) in [5.41, 5.74) is 2.59. The molecule has 1 fully saturated rings. The van der Waals surface area contributed by atoms with Crippen LogP contribution in [0.1, 0.15) is 16.1 Å². The van der Waals surface area contributed by atoms with Crippen LogP contribution >= 0.6 is 22.9 Å². The summed E-state index contributed by atoms with van der Waals surface area (Å²) in [4.78, 5) is 31.4. The van der Waals surface area contributed by atoms with Crippen LogP contribution in [-0.4, -0.2) is 43.1 Å². The van der Waals surface area contributed by atoms with Gasteiger partial charge in [0.05, 0.1) is 41.7 Å². The highest BCUT2D eigenvalue weighted by Gasteiger charge is 2.19. The molecule has 0 unspecified atom stereocenters. The van der Waals surface area contributed by atoms with Crippen molar-refractivity contribution in [3.05, 3.63) is 70.2 Å². The minimum atomic E-state index is -0.236. The van der Waals surface area contributed by atoms with Crippen LogP contribution in [0.2, 0.25) is 5.02 Å². The first-order valence-corrected chi connectivity index (χ1v) is 11.1. The molecule has 7 nitrogen and oxygen atoms in total. The van der Waals surface area contributed by atoms with Crippen molar-refractivity contribution in [1.82, 2.24) is 4.98 Å². The fourth-order valence-electron chi connectivity index (χ4n) is 3.29. The maximum atomic E-state index is 12.7. The van der Waals surface area contributed by atoms with Gasteiger partial charge in [0, 0.05) is 24.0 Å². The molecule has 2 N–H and O–H groups in total. The Kier molecular flexibility index (Phi) is 6.81. The van der Waals surface area contributed by atoms with Crippen molar-refractivity contribution in [2.45, 2.75) is 6.42 Å². The number of hydrogen-bond acceptors (Lipinski definition) is 6. The lowest BCUT2D eigenvalue weighted by Gasteiger charge is -2.31. The molecule has 2 heterocycles. The van der Waals surface area contributed by atoms with Crippen LogP contribution in [0, 0.1) is 0 Å². The predicted molar refractivity (Wildman–Crippen MR) is 123 cm³/mol. The fraction of sp³-hybridized carbons (Fsp3) is 0.227. The molecule has 0 bridgehead atoms. The Labute approximate surface area is 189 Å². The molecule has 2 aromatic carbocycles. The quantitative estimate of drug-likeness (QED) is 0.584. The van der Waals surface area contributed by atoms with Gasteiger partial charge in [0.1, 0.15) is 0 Å². The summed E-state index contributed by atoms with van der Waals surface area (Å²) in [6, 6.07) is 14.4. The first-order chi connectivity index (χ1) is 15.1. The van der Waals surface area contributed by atoms with Crippen molar-refractivity contribution >= 4 is 51.3 Å². The van der Waals surface area contributed by atoms with Crippen molar-refractivity contribution in [3.63, 3.8) is 0 Å². The number of anilines is 3. The van der Waals surface area contributed by atoms with E-state index in [1.54, 1.807) is 29.6 Å². The van der Waals surface area contributed by atoms with Gasteiger partial charge >= 0.3 is 0 Å². The highest BCUT2D eigenvalue weighted by molar-refractivity contribution is 7.14. The zero-order chi connectivity index (χ0) is 21.6. The predicted octanol–water partition coefficient (Wildman–Crippen LogP) is 4.07. The zero-order valence-electron chi connectivity index (χ0n) is 16.6. The second-order valence-corrected chi connectivity index (χ2v) is 8.19. The highest BCUT2D eigenvalue weighted by Crippen LogP contribution is 2.34. The van der Waals surface area contributed by atoms with Crippen LogP contribution in [0.25, 0.3) is 0 Å². The van der Waals surface area contributed by atoms with Crippen LogP contribution in [0.15, 0.2) is 53.9 Å². The lowest BCUT2D eigenvalue weighted by molar-refractivity contribution is -0.115. The van der Waals surface area contributed by atoms with Gasteiger partial charge in [-0.1, -0.05) is 35.9 Å². The maximum Gasteiger partial charge on any atom is 0.257 e. The number of amides is 2. The second-order valence-electron chi connectivity index (χ2n) is 6.92. The molecule has 0 atom stereocenters. The van der Waals surface area contributed by atoms with E-state index in [4.69, 9.17) is 16.3 Å². The zero-order valence-corrected chi connectivity index (χ0v) is 18.2. The Morgan fingerprint density at radius 3 is 2.61 bits per heavy atom. The number of carbonyl (C=O) groups excluding carboxylic acids is 2. The van der Waals surface area contributed by atoms with Crippen LogP contribution < -0.4 is 15.5 Å². The average molecular weight is 457 g/mol. The number of aromatic nitrogens is 1. The van der Waals surface area contributed by atoms with Crippen molar-refractivity contribution < 1.29 is 14.3 Å². The van der Waals surface area contributed by atoms with Crippen molar-refractivity contribution in [2.24, 2.45) is 0 Å². The molecule has 1 aromatic heterocycles. The van der Waals surface area contributed by atoms with E-state index in [0.717, 1.165) is 5.69 Å². The number of halogens is 1. The fourth-order valence-corrected chi connectivity index (χ4v) is 4.29. The normalized spacial score (nSPS) is 13.6. The number of morpholine rings is 1. The van der Waals surface area contributed by atoms with Gasteiger partial charge in [0.25, 0.3) is 5.91 Å². The summed E-state index contributed by atoms with van der Waals surface area (Å²) >= 11 is 7.71. The average Bonchev–Trinajstić information content (AvgIpc) is 3.21. The van der Waals surface area contributed by atoms with Crippen molar-refractivity contribution in [3.8, 4) is 0 Å². The van der Waals surface area contributed by atoms with Crippen LogP contribution in [0.3, 0.4) is 0 Å². The Bertz CT molecular complexity index is 1070. The second kappa shape index (κ2) is 9.91. The molecule has 3 aromatic rings. The van der Waals surface area contributed by atoms with E-state index in [-0.39, 0.29) is 18.2 Å². The molecule has 9 heteroatoms. The molecule has 31 heavy (non-hydrogen) atoms. The van der Waals surface area contributed by atoms with E-state index in [0.29, 0.717) is 53.4 Å². The molecule has 0 aliphatic carbocycles. The summed E-state index contributed by atoms with van der Waals surface area (Å²) < 4.78 is 5.41. The molecule has 0 radical (unpaired) electrons. The lowest BCUT2D eigenvalue weighted by Crippen LogP contribution is -2.37. The number of ether oxygens (including phenoxy) is 1. The third-order valence-corrected chi connectivity index (χ3v) is 5.85. The number of nitrogens with one attached hydrogen (secondary N) is 2. The Morgan fingerprint density at radius 2 is 1.84 bits per heavy atom. The summed E-state index contributed by atoms with van der Waals surface area (Å²) in [7, 11) is 0. The summed E-state index contributed by atoms with van der Waals surface area (Å²) in [6.07, 6.45) is 0.0901. The Balaban J connectivity index is 1.40. The molecule has 160 valence electrons. The van der Waals surface area contributed by atoms with Crippen LogP contribution in [-0.2, 0) is 16.0 Å². The number of benzene rings is 2. The van der Waals surface area contributed by atoms with Crippen molar-refractivity contribution in [1.29, 1.82) is 0 Å². The number of rotatable bonds is 6. The number of para-hydroxylation sites is 1. The van der Waals surface area contributed by atoms with Gasteiger partial charge in [0.2, 0.25) is 5.91 Å². The van der Waals surface area contributed by atoms with Gasteiger partial charge in [-0.2, -0.15) is 0 Å². The third-order valence-electron chi connectivity index (χ3n) is 4.74. The van der Waals surface area contributed by atoms with Gasteiger partial charge in [-0.05, 0) is 24.3 Å². The van der Waals surface area contributed by atoms with Gasteiger partial charge in [0.15, 0.2) is 5.13 Å². The van der Waals surface area contributed by atoms with Gasteiger partial charge in [-0.15, -0.1) is 11.3 Å². The number of nitrogens with zero attached hydrogens (tertiary/aromatic N) is 2. The molecule has 0 saturated carbocycles. The minimum Gasteiger partial charge on any atom is -0.378 e. The maximum absolute atomic E-state index is 12.7. The van der Waals surface area contributed by atoms with Crippen LogP contribution in [0.5, 0.6) is 0 Å². The van der Waals surface area contributed by atoms with E-state index >= 15 is 0 Å². The number of carbonyl (C=O) groups is 2.